The summed E-state index contributed by atoms with van der Waals surface area (Å²) in [6.45, 7) is 4.21. The van der Waals surface area contributed by atoms with Gasteiger partial charge in [0, 0.05) is 6.42 Å². The first-order valence-electron chi connectivity index (χ1n) is 22.0. The largest absolute Gasteiger partial charge is 0.394 e. The van der Waals surface area contributed by atoms with Crippen LogP contribution < -0.4 is 5.32 Å². The minimum atomic E-state index is -1.01. The lowest BCUT2D eigenvalue weighted by atomic mass is 10.0. The van der Waals surface area contributed by atoms with Crippen LogP contribution in [-0.2, 0) is 4.79 Å². The van der Waals surface area contributed by atoms with Crippen LogP contribution in [-0.4, -0.2) is 46.1 Å². The number of hydrogen-bond donors (Lipinski definition) is 4. The Morgan fingerprint density at radius 3 is 1.10 bits per heavy atom. The van der Waals surface area contributed by atoms with Crippen LogP contribution in [0.1, 0.15) is 239 Å². The second-order valence-corrected chi connectivity index (χ2v) is 15.3. The molecule has 0 fully saturated rings. The van der Waals surface area contributed by atoms with E-state index >= 15 is 0 Å². The molecule has 1 amide bonds. The van der Waals surface area contributed by atoms with Gasteiger partial charge in [0.25, 0.3) is 0 Å². The molecule has 49 heavy (non-hydrogen) atoms. The van der Waals surface area contributed by atoms with Gasteiger partial charge in [-0.15, -0.1) is 0 Å². The number of hydrogen-bond acceptors (Lipinski definition) is 4. The van der Waals surface area contributed by atoms with Gasteiger partial charge < -0.3 is 20.6 Å². The zero-order valence-corrected chi connectivity index (χ0v) is 33.1. The Bertz CT molecular complexity index is 684. The lowest BCUT2D eigenvalue weighted by Gasteiger charge is -2.20. The zero-order chi connectivity index (χ0) is 35.9. The highest BCUT2D eigenvalue weighted by Crippen LogP contribution is 2.16. The van der Waals surface area contributed by atoms with Crippen LogP contribution in [0.4, 0.5) is 0 Å². The second kappa shape index (κ2) is 39.9. The molecule has 292 valence electrons. The Hall–Kier alpha value is -0.910. The maximum absolute atomic E-state index is 12.4. The fourth-order valence-electron chi connectivity index (χ4n) is 6.90. The molecule has 0 aliphatic rings. The van der Waals surface area contributed by atoms with Crippen molar-refractivity contribution in [3.05, 3.63) is 12.2 Å². The molecule has 5 nitrogen and oxygen atoms in total. The first-order valence-corrected chi connectivity index (χ1v) is 22.0. The molecule has 0 saturated heterocycles. The molecule has 0 bridgehead atoms. The van der Waals surface area contributed by atoms with Gasteiger partial charge in [0.05, 0.1) is 24.9 Å². The average molecular weight is 694 g/mol. The van der Waals surface area contributed by atoms with Crippen LogP contribution >= 0.6 is 0 Å². The van der Waals surface area contributed by atoms with Crippen molar-refractivity contribution >= 4 is 5.91 Å². The van der Waals surface area contributed by atoms with E-state index in [0.29, 0.717) is 12.8 Å². The summed E-state index contributed by atoms with van der Waals surface area (Å²) in [5.41, 5.74) is 0. The van der Waals surface area contributed by atoms with Gasteiger partial charge >= 0.3 is 0 Å². The van der Waals surface area contributed by atoms with Crippen molar-refractivity contribution < 1.29 is 20.1 Å². The number of aliphatic hydroxyl groups excluding tert-OH is 3. The molecule has 0 radical (unpaired) electrons. The van der Waals surface area contributed by atoms with Crippen LogP contribution in [0.15, 0.2) is 12.2 Å². The van der Waals surface area contributed by atoms with Gasteiger partial charge in [-0.3, -0.25) is 4.79 Å². The van der Waals surface area contributed by atoms with Gasteiger partial charge in [-0.25, -0.2) is 0 Å². The normalized spacial score (nSPS) is 13.7. The number of carbonyl (C=O) groups is 1. The third kappa shape index (κ3) is 36.7. The molecule has 0 heterocycles. The smallest absolute Gasteiger partial charge is 0.220 e. The van der Waals surface area contributed by atoms with E-state index in [1.165, 1.54) is 186 Å². The monoisotopic (exact) mass is 694 g/mol. The van der Waals surface area contributed by atoms with Gasteiger partial charge in [0.2, 0.25) is 5.91 Å². The van der Waals surface area contributed by atoms with Crippen molar-refractivity contribution in [3.8, 4) is 0 Å². The summed E-state index contributed by atoms with van der Waals surface area (Å²) >= 11 is 0. The Balaban J connectivity index is 3.57. The molecule has 5 heteroatoms. The number of carbonyl (C=O) groups excluding carboxylic acids is 1. The zero-order valence-electron chi connectivity index (χ0n) is 33.1. The highest BCUT2D eigenvalue weighted by Gasteiger charge is 2.18. The van der Waals surface area contributed by atoms with E-state index in [1.807, 2.05) is 0 Å². The molecule has 0 spiro atoms. The summed E-state index contributed by atoms with van der Waals surface area (Å²) < 4.78 is 0. The molecule has 4 N–H and O–H groups in total. The topological polar surface area (TPSA) is 89.8 Å². The van der Waals surface area contributed by atoms with E-state index in [-0.39, 0.29) is 12.5 Å². The van der Waals surface area contributed by atoms with Gasteiger partial charge in [0.15, 0.2) is 0 Å². The van der Waals surface area contributed by atoms with Crippen LogP contribution in [0.25, 0.3) is 0 Å². The minimum absolute atomic E-state index is 0.124. The summed E-state index contributed by atoms with van der Waals surface area (Å²) in [7, 11) is 0. The van der Waals surface area contributed by atoms with E-state index in [9.17, 15) is 20.1 Å². The van der Waals surface area contributed by atoms with E-state index < -0.39 is 18.2 Å². The van der Waals surface area contributed by atoms with Crippen LogP contribution in [0.5, 0.6) is 0 Å². The number of nitrogens with one attached hydrogen (secondary N) is 1. The predicted molar refractivity (Wildman–Crippen MR) is 213 cm³/mol. The highest BCUT2D eigenvalue weighted by molar-refractivity contribution is 5.76. The Morgan fingerprint density at radius 2 is 0.776 bits per heavy atom. The summed E-state index contributed by atoms with van der Waals surface area (Å²) in [4.78, 5) is 12.4. The van der Waals surface area contributed by atoms with Crippen molar-refractivity contribution in [2.45, 2.75) is 257 Å². The highest BCUT2D eigenvalue weighted by atomic mass is 16.3. The molecule has 3 unspecified atom stereocenters. The molecular formula is C44H87NO4. The summed E-state index contributed by atoms with van der Waals surface area (Å²) in [5.74, 6) is -0.124. The van der Waals surface area contributed by atoms with Crippen molar-refractivity contribution in [2.24, 2.45) is 0 Å². The molecule has 0 aromatic rings. The number of unbranched alkanes of at least 4 members (excludes halogenated alkanes) is 31. The van der Waals surface area contributed by atoms with Crippen molar-refractivity contribution in [1.29, 1.82) is 0 Å². The average Bonchev–Trinajstić information content (AvgIpc) is 3.10. The van der Waals surface area contributed by atoms with Gasteiger partial charge in [-0.1, -0.05) is 231 Å². The predicted octanol–water partition coefficient (Wildman–Crippen LogP) is 12.4. The number of rotatable bonds is 40. The maximum atomic E-state index is 12.4. The molecule has 0 rings (SSSR count). The molecule has 3 atom stereocenters. The van der Waals surface area contributed by atoms with Gasteiger partial charge in [0.1, 0.15) is 0 Å². The van der Waals surface area contributed by atoms with Gasteiger partial charge in [-0.2, -0.15) is 0 Å². The summed E-state index contributed by atoms with van der Waals surface area (Å²) in [6, 6.07) is -0.738. The van der Waals surface area contributed by atoms with E-state index in [4.69, 9.17) is 0 Å². The van der Waals surface area contributed by atoms with E-state index in [2.05, 4.69) is 19.2 Å². The first-order chi connectivity index (χ1) is 24.0. The van der Waals surface area contributed by atoms with Crippen molar-refractivity contribution in [2.75, 3.05) is 6.61 Å². The van der Waals surface area contributed by atoms with Crippen LogP contribution in [0.2, 0.25) is 0 Å². The van der Waals surface area contributed by atoms with E-state index in [0.717, 1.165) is 32.1 Å². The Kier molecular flexibility index (Phi) is 39.1. The third-order valence-electron chi connectivity index (χ3n) is 10.3. The van der Waals surface area contributed by atoms with Crippen molar-refractivity contribution in [1.82, 2.24) is 5.32 Å². The maximum Gasteiger partial charge on any atom is 0.220 e. The van der Waals surface area contributed by atoms with Crippen molar-refractivity contribution in [3.63, 3.8) is 0 Å². The molecule has 0 aromatic heterocycles. The fraction of sp³-hybridized carbons (Fsp3) is 0.932. The van der Waals surface area contributed by atoms with Gasteiger partial charge in [-0.05, 0) is 12.8 Å². The Morgan fingerprint density at radius 1 is 0.469 bits per heavy atom. The quantitative estimate of drug-likeness (QED) is 0.0380. The SMILES string of the molecule is CCCCCCCCCCCCCCCCCCCCCCCCCC(=O)NC(CO)C(O)C=CC(O)CCCCCCCCCCCC. The molecule has 0 aromatic carbocycles. The van der Waals surface area contributed by atoms with E-state index in [1.54, 1.807) is 6.08 Å². The minimum Gasteiger partial charge on any atom is -0.394 e. The second-order valence-electron chi connectivity index (χ2n) is 15.3. The Labute approximate surface area is 306 Å². The van der Waals surface area contributed by atoms with Crippen LogP contribution in [0.3, 0.4) is 0 Å². The summed E-state index contributed by atoms with van der Waals surface area (Å²) in [6.07, 6.45) is 46.3. The van der Waals surface area contributed by atoms with Crippen LogP contribution in [0, 0.1) is 0 Å². The molecule has 0 aliphatic carbocycles. The fourth-order valence-corrected chi connectivity index (χ4v) is 6.90. The lowest BCUT2D eigenvalue weighted by Crippen LogP contribution is -2.45. The lowest BCUT2D eigenvalue weighted by molar-refractivity contribution is -0.123. The number of amides is 1. The number of aliphatic hydroxyl groups is 3. The molecule has 0 aliphatic heterocycles. The third-order valence-corrected chi connectivity index (χ3v) is 10.3. The molecular weight excluding hydrogens is 606 g/mol. The standard InChI is InChI=1S/C44H87NO4/c1-3-5-7-9-11-13-15-16-17-18-19-20-21-22-23-24-25-26-27-29-31-33-35-37-44(49)45-42(40-46)43(48)39-38-41(47)36-34-32-30-28-14-12-10-8-6-4-2/h38-39,41-43,46-48H,3-37,40H2,1-2H3,(H,45,49). The first kappa shape index (κ1) is 48.1. The summed E-state index contributed by atoms with van der Waals surface area (Å²) in [5, 5.41) is 33.2. The molecule has 0 saturated carbocycles.